The Morgan fingerprint density at radius 1 is 1.11 bits per heavy atom. The molecule has 2 aromatic carbocycles. The zero-order valence-electron chi connectivity index (χ0n) is 10.3. The number of ether oxygens (including phenoxy) is 1. The van der Waals surface area contributed by atoms with Crippen LogP contribution in [-0.4, -0.2) is 13.2 Å². The fraction of sp³-hybridized carbons (Fsp3) is 0.200. The quantitative estimate of drug-likeness (QED) is 0.817. The average molecular weight is 262 g/mol. The van der Waals surface area contributed by atoms with E-state index in [9.17, 15) is 0 Å². The van der Waals surface area contributed by atoms with Crippen LogP contribution in [0.3, 0.4) is 0 Å². The second-order valence-electron chi connectivity index (χ2n) is 4.05. The maximum atomic E-state index is 5.95. The number of rotatable bonds is 5. The summed E-state index contributed by atoms with van der Waals surface area (Å²) >= 11 is 5.95. The van der Waals surface area contributed by atoms with Crippen LogP contribution in [0, 0.1) is 6.92 Å². The molecule has 0 heterocycles. The summed E-state index contributed by atoms with van der Waals surface area (Å²) < 4.78 is 5.60. The number of anilines is 1. The van der Waals surface area contributed by atoms with Crippen molar-refractivity contribution in [3.8, 4) is 5.75 Å². The number of halogens is 1. The van der Waals surface area contributed by atoms with Gasteiger partial charge in [0.15, 0.2) is 0 Å². The monoisotopic (exact) mass is 261 g/mol. The summed E-state index contributed by atoms with van der Waals surface area (Å²) in [6.07, 6.45) is 0. The maximum Gasteiger partial charge on any atom is 0.119 e. The first-order valence-electron chi connectivity index (χ1n) is 5.93. The van der Waals surface area contributed by atoms with Crippen LogP contribution in [0.4, 0.5) is 5.69 Å². The molecule has 0 spiro atoms. The van der Waals surface area contributed by atoms with Gasteiger partial charge in [0, 0.05) is 17.3 Å². The lowest BCUT2D eigenvalue weighted by molar-refractivity contribution is 0.333. The second kappa shape index (κ2) is 6.31. The van der Waals surface area contributed by atoms with E-state index in [2.05, 4.69) is 12.2 Å². The molecular formula is C15H16ClNO. The van der Waals surface area contributed by atoms with Crippen molar-refractivity contribution in [2.24, 2.45) is 0 Å². The van der Waals surface area contributed by atoms with E-state index >= 15 is 0 Å². The van der Waals surface area contributed by atoms with Gasteiger partial charge in [0.05, 0.1) is 0 Å². The number of aryl methyl sites for hydroxylation is 1. The standard InChI is InChI=1S/C15H16ClNO/c1-12-7-8-13(16)11-15(12)17-9-10-18-14-5-3-2-4-6-14/h2-8,11,17H,9-10H2,1H3. The molecule has 0 aliphatic heterocycles. The summed E-state index contributed by atoms with van der Waals surface area (Å²) in [4.78, 5) is 0. The van der Waals surface area contributed by atoms with Crippen molar-refractivity contribution < 1.29 is 4.74 Å². The van der Waals surface area contributed by atoms with Gasteiger partial charge in [-0.2, -0.15) is 0 Å². The number of hydrogen-bond acceptors (Lipinski definition) is 2. The molecule has 3 heteroatoms. The topological polar surface area (TPSA) is 21.3 Å². The summed E-state index contributed by atoms with van der Waals surface area (Å²) in [6, 6.07) is 15.6. The second-order valence-corrected chi connectivity index (χ2v) is 4.48. The third-order valence-electron chi connectivity index (χ3n) is 2.63. The molecule has 0 aliphatic rings. The Bertz CT molecular complexity index is 499. The van der Waals surface area contributed by atoms with Crippen molar-refractivity contribution in [3.05, 3.63) is 59.1 Å². The Morgan fingerprint density at radius 2 is 1.89 bits per heavy atom. The van der Waals surface area contributed by atoms with Crippen molar-refractivity contribution in [1.82, 2.24) is 0 Å². The first-order valence-corrected chi connectivity index (χ1v) is 6.31. The zero-order valence-corrected chi connectivity index (χ0v) is 11.1. The van der Waals surface area contributed by atoms with Gasteiger partial charge in [0.1, 0.15) is 12.4 Å². The maximum absolute atomic E-state index is 5.95. The molecule has 0 atom stereocenters. The van der Waals surface area contributed by atoms with Crippen molar-refractivity contribution >= 4 is 17.3 Å². The molecule has 0 bridgehead atoms. The van der Waals surface area contributed by atoms with Gasteiger partial charge in [-0.1, -0.05) is 35.9 Å². The van der Waals surface area contributed by atoms with Gasteiger partial charge in [-0.3, -0.25) is 0 Å². The lowest BCUT2D eigenvalue weighted by Crippen LogP contribution is -2.12. The van der Waals surface area contributed by atoms with Gasteiger partial charge in [-0.15, -0.1) is 0 Å². The van der Waals surface area contributed by atoms with Gasteiger partial charge in [0.25, 0.3) is 0 Å². The van der Waals surface area contributed by atoms with Crippen molar-refractivity contribution in [2.75, 3.05) is 18.5 Å². The van der Waals surface area contributed by atoms with Crippen LogP contribution in [0.1, 0.15) is 5.56 Å². The highest BCUT2D eigenvalue weighted by Gasteiger charge is 1.98. The summed E-state index contributed by atoms with van der Waals surface area (Å²) in [5, 5.41) is 4.06. The highest BCUT2D eigenvalue weighted by molar-refractivity contribution is 6.30. The van der Waals surface area contributed by atoms with Gasteiger partial charge in [-0.25, -0.2) is 0 Å². The fourth-order valence-electron chi connectivity index (χ4n) is 1.66. The van der Waals surface area contributed by atoms with Crippen LogP contribution in [-0.2, 0) is 0 Å². The lowest BCUT2D eigenvalue weighted by Gasteiger charge is -2.11. The molecule has 0 radical (unpaired) electrons. The highest BCUT2D eigenvalue weighted by atomic mass is 35.5. The number of nitrogens with one attached hydrogen (secondary N) is 1. The Hall–Kier alpha value is -1.67. The van der Waals surface area contributed by atoms with Crippen LogP contribution in [0.2, 0.25) is 5.02 Å². The summed E-state index contributed by atoms with van der Waals surface area (Å²) in [5.74, 6) is 0.891. The molecule has 0 unspecified atom stereocenters. The molecule has 94 valence electrons. The SMILES string of the molecule is Cc1ccc(Cl)cc1NCCOc1ccccc1. The largest absolute Gasteiger partial charge is 0.492 e. The van der Waals surface area contributed by atoms with Crippen LogP contribution in [0.25, 0.3) is 0 Å². The zero-order chi connectivity index (χ0) is 12.8. The molecule has 0 fully saturated rings. The predicted octanol–water partition coefficient (Wildman–Crippen LogP) is 4.14. The number of hydrogen-bond donors (Lipinski definition) is 1. The van der Waals surface area contributed by atoms with Crippen LogP contribution >= 0.6 is 11.6 Å². The number of benzene rings is 2. The molecule has 2 aromatic rings. The normalized spacial score (nSPS) is 10.1. The predicted molar refractivity (Wildman–Crippen MR) is 76.6 cm³/mol. The molecule has 2 rings (SSSR count). The Kier molecular flexibility index (Phi) is 4.48. The van der Waals surface area contributed by atoms with E-state index in [0.29, 0.717) is 6.61 Å². The van der Waals surface area contributed by atoms with Crippen LogP contribution < -0.4 is 10.1 Å². The van der Waals surface area contributed by atoms with E-state index in [4.69, 9.17) is 16.3 Å². The van der Waals surface area contributed by atoms with E-state index < -0.39 is 0 Å². The van der Waals surface area contributed by atoms with Gasteiger partial charge in [0.2, 0.25) is 0 Å². The Morgan fingerprint density at radius 3 is 2.67 bits per heavy atom. The van der Waals surface area contributed by atoms with Crippen molar-refractivity contribution in [1.29, 1.82) is 0 Å². The smallest absolute Gasteiger partial charge is 0.119 e. The van der Waals surface area contributed by atoms with Crippen LogP contribution in [0.5, 0.6) is 5.75 Å². The summed E-state index contributed by atoms with van der Waals surface area (Å²) in [5.41, 5.74) is 2.23. The van der Waals surface area contributed by atoms with Crippen molar-refractivity contribution in [3.63, 3.8) is 0 Å². The lowest BCUT2D eigenvalue weighted by atomic mass is 10.2. The first kappa shape index (κ1) is 12.8. The molecule has 18 heavy (non-hydrogen) atoms. The van der Waals surface area contributed by atoms with E-state index in [-0.39, 0.29) is 0 Å². The Balaban J connectivity index is 1.80. The highest BCUT2D eigenvalue weighted by Crippen LogP contribution is 2.19. The van der Waals surface area contributed by atoms with Gasteiger partial charge < -0.3 is 10.1 Å². The molecule has 1 N–H and O–H groups in total. The minimum Gasteiger partial charge on any atom is -0.492 e. The van der Waals surface area contributed by atoms with E-state index in [0.717, 1.165) is 23.0 Å². The van der Waals surface area contributed by atoms with E-state index in [1.807, 2.05) is 48.5 Å². The average Bonchev–Trinajstić information content (AvgIpc) is 2.40. The number of para-hydroxylation sites is 1. The molecular weight excluding hydrogens is 246 g/mol. The van der Waals surface area contributed by atoms with E-state index in [1.165, 1.54) is 5.56 Å². The molecule has 0 saturated carbocycles. The first-order chi connectivity index (χ1) is 8.75. The Labute approximate surface area is 113 Å². The van der Waals surface area contributed by atoms with Crippen molar-refractivity contribution in [2.45, 2.75) is 6.92 Å². The summed E-state index contributed by atoms with van der Waals surface area (Å²) in [6.45, 7) is 3.42. The summed E-state index contributed by atoms with van der Waals surface area (Å²) in [7, 11) is 0. The molecule has 2 nitrogen and oxygen atoms in total. The fourth-order valence-corrected chi connectivity index (χ4v) is 1.83. The molecule has 0 aromatic heterocycles. The van der Waals surface area contributed by atoms with Gasteiger partial charge >= 0.3 is 0 Å². The minimum absolute atomic E-state index is 0.621. The molecule has 0 saturated heterocycles. The minimum atomic E-state index is 0.621. The van der Waals surface area contributed by atoms with Crippen LogP contribution in [0.15, 0.2) is 48.5 Å². The molecule has 0 amide bonds. The molecule has 0 aliphatic carbocycles. The third-order valence-corrected chi connectivity index (χ3v) is 2.86. The van der Waals surface area contributed by atoms with Gasteiger partial charge in [-0.05, 0) is 36.8 Å². The third kappa shape index (κ3) is 3.67. The van der Waals surface area contributed by atoms with E-state index in [1.54, 1.807) is 0 Å².